The minimum absolute atomic E-state index is 0.0403. The van der Waals surface area contributed by atoms with Crippen molar-refractivity contribution in [3.63, 3.8) is 0 Å². The molecular formula is C13H11BrF2N2O3S2. The molecule has 0 fully saturated rings. The fourth-order valence-corrected chi connectivity index (χ4v) is 5.00. The van der Waals surface area contributed by atoms with Gasteiger partial charge in [0.1, 0.15) is 4.21 Å². The zero-order valence-corrected chi connectivity index (χ0v) is 14.9. The van der Waals surface area contributed by atoms with Gasteiger partial charge in [0.05, 0.1) is 10.3 Å². The van der Waals surface area contributed by atoms with E-state index < -0.39 is 34.1 Å². The summed E-state index contributed by atoms with van der Waals surface area (Å²) in [7, 11) is -2.54. The lowest BCUT2D eigenvalue weighted by Gasteiger charge is -2.15. The monoisotopic (exact) mass is 424 g/mol. The minimum Gasteiger partial charge on any atom is -0.325 e. The second-order valence-electron chi connectivity index (χ2n) is 4.50. The average Bonchev–Trinajstić information content (AvgIpc) is 2.90. The molecule has 1 heterocycles. The highest BCUT2D eigenvalue weighted by Gasteiger charge is 2.24. The van der Waals surface area contributed by atoms with Crippen LogP contribution in [0, 0.1) is 11.6 Å². The zero-order valence-electron chi connectivity index (χ0n) is 11.7. The first-order valence-electron chi connectivity index (χ1n) is 6.17. The first-order valence-corrected chi connectivity index (χ1v) is 9.21. The summed E-state index contributed by atoms with van der Waals surface area (Å²) < 4.78 is 52.0. The van der Waals surface area contributed by atoms with Crippen molar-refractivity contribution in [3.05, 3.63) is 45.8 Å². The van der Waals surface area contributed by atoms with E-state index in [4.69, 9.17) is 0 Å². The molecule has 5 nitrogen and oxygen atoms in total. The second-order valence-corrected chi connectivity index (χ2v) is 9.23. The Balaban J connectivity index is 2.06. The number of amides is 1. The molecule has 10 heteroatoms. The van der Waals surface area contributed by atoms with Crippen LogP contribution in [0.2, 0.25) is 0 Å². The number of nitrogens with zero attached hydrogens (tertiary/aromatic N) is 1. The molecule has 1 N–H and O–H groups in total. The molecule has 1 aromatic carbocycles. The van der Waals surface area contributed by atoms with Crippen molar-refractivity contribution in [1.82, 2.24) is 4.31 Å². The van der Waals surface area contributed by atoms with Gasteiger partial charge in [-0.3, -0.25) is 4.79 Å². The Hall–Kier alpha value is -1.36. The SMILES string of the molecule is CN(CC(=O)Nc1ccc(F)c(F)c1)S(=O)(=O)c1ccc(Br)s1. The molecule has 23 heavy (non-hydrogen) atoms. The predicted octanol–water partition coefficient (Wildman–Crippen LogP) is 3.05. The highest BCUT2D eigenvalue weighted by Crippen LogP contribution is 2.27. The third-order valence-electron chi connectivity index (χ3n) is 2.78. The molecule has 2 rings (SSSR count). The summed E-state index contributed by atoms with van der Waals surface area (Å²) in [4.78, 5) is 11.9. The van der Waals surface area contributed by atoms with Crippen LogP contribution in [0.15, 0.2) is 38.3 Å². The Morgan fingerprint density at radius 3 is 2.52 bits per heavy atom. The third kappa shape index (κ3) is 4.34. The Morgan fingerprint density at radius 1 is 1.26 bits per heavy atom. The maximum absolute atomic E-state index is 13.1. The summed E-state index contributed by atoms with van der Waals surface area (Å²) in [6, 6.07) is 5.88. The van der Waals surface area contributed by atoms with E-state index in [1.165, 1.54) is 19.2 Å². The van der Waals surface area contributed by atoms with E-state index in [1.807, 2.05) is 0 Å². The molecule has 0 unspecified atom stereocenters. The maximum Gasteiger partial charge on any atom is 0.252 e. The highest BCUT2D eigenvalue weighted by molar-refractivity contribution is 9.11. The van der Waals surface area contributed by atoms with Crippen LogP contribution in [-0.4, -0.2) is 32.2 Å². The number of benzene rings is 1. The van der Waals surface area contributed by atoms with Gasteiger partial charge in [0.2, 0.25) is 5.91 Å². The largest absolute Gasteiger partial charge is 0.325 e. The van der Waals surface area contributed by atoms with Gasteiger partial charge < -0.3 is 5.32 Å². The molecular weight excluding hydrogens is 414 g/mol. The number of hydrogen-bond acceptors (Lipinski definition) is 4. The zero-order chi connectivity index (χ0) is 17.2. The van der Waals surface area contributed by atoms with Crippen molar-refractivity contribution in [2.75, 3.05) is 18.9 Å². The molecule has 0 aliphatic rings. The summed E-state index contributed by atoms with van der Waals surface area (Å²) in [6.07, 6.45) is 0. The number of thiophene rings is 1. The summed E-state index contributed by atoms with van der Waals surface area (Å²) in [5, 5.41) is 2.31. The molecule has 0 aliphatic heterocycles. The molecule has 124 valence electrons. The molecule has 2 aromatic rings. The average molecular weight is 425 g/mol. The third-order valence-corrected chi connectivity index (χ3v) is 6.68. The molecule has 0 spiro atoms. The van der Waals surface area contributed by atoms with E-state index in [2.05, 4.69) is 21.2 Å². The topological polar surface area (TPSA) is 66.5 Å². The van der Waals surface area contributed by atoms with Gasteiger partial charge in [0, 0.05) is 18.8 Å². The van der Waals surface area contributed by atoms with Gasteiger partial charge in [0.25, 0.3) is 10.0 Å². The molecule has 0 saturated heterocycles. The second kappa shape index (κ2) is 7.04. The summed E-state index contributed by atoms with van der Waals surface area (Å²) in [6.45, 7) is -0.461. The number of rotatable bonds is 5. The minimum atomic E-state index is -3.79. The Labute approximate surface area is 144 Å². The van der Waals surface area contributed by atoms with Crippen LogP contribution >= 0.6 is 27.3 Å². The van der Waals surface area contributed by atoms with Crippen molar-refractivity contribution in [2.24, 2.45) is 0 Å². The van der Waals surface area contributed by atoms with Crippen molar-refractivity contribution in [1.29, 1.82) is 0 Å². The van der Waals surface area contributed by atoms with E-state index in [0.717, 1.165) is 27.8 Å². The van der Waals surface area contributed by atoms with Crippen LogP contribution in [-0.2, 0) is 14.8 Å². The van der Waals surface area contributed by atoms with Gasteiger partial charge in [-0.25, -0.2) is 17.2 Å². The Morgan fingerprint density at radius 2 is 1.96 bits per heavy atom. The van der Waals surface area contributed by atoms with Gasteiger partial charge >= 0.3 is 0 Å². The summed E-state index contributed by atoms with van der Waals surface area (Å²) in [5.74, 6) is -2.81. The first-order chi connectivity index (χ1) is 10.7. The normalized spacial score (nSPS) is 11.7. The molecule has 0 radical (unpaired) electrons. The molecule has 0 bridgehead atoms. The van der Waals surface area contributed by atoms with Crippen molar-refractivity contribution < 1.29 is 22.0 Å². The smallest absolute Gasteiger partial charge is 0.252 e. The van der Waals surface area contributed by atoms with E-state index in [-0.39, 0.29) is 9.90 Å². The van der Waals surface area contributed by atoms with E-state index in [0.29, 0.717) is 3.79 Å². The number of nitrogens with one attached hydrogen (secondary N) is 1. The standard InChI is InChI=1S/C13H11BrF2N2O3S2/c1-18(23(20,21)13-5-4-11(14)22-13)7-12(19)17-8-2-3-9(15)10(16)6-8/h2-6H,7H2,1H3,(H,17,19). The van der Waals surface area contributed by atoms with Gasteiger partial charge in [-0.2, -0.15) is 4.31 Å². The van der Waals surface area contributed by atoms with E-state index in [9.17, 15) is 22.0 Å². The fourth-order valence-electron chi connectivity index (χ4n) is 1.65. The number of hydrogen-bond donors (Lipinski definition) is 1. The Kier molecular flexibility index (Phi) is 5.50. The van der Waals surface area contributed by atoms with Crippen molar-refractivity contribution >= 4 is 48.9 Å². The predicted molar refractivity (Wildman–Crippen MR) is 86.8 cm³/mol. The number of sulfonamides is 1. The van der Waals surface area contributed by atoms with Crippen LogP contribution in [0.3, 0.4) is 0 Å². The lowest BCUT2D eigenvalue weighted by atomic mass is 10.3. The molecule has 0 aliphatic carbocycles. The van der Waals surface area contributed by atoms with Crippen molar-refractivity contribution in [2.45, 2.75) is 4.21 Å². The van der Waals surface area contributed by atoms with Gasteiger partial charge in [-0.05, 0) is 40.2 Å². The Bertz CT molecular complexity index is 839. The lowest BCUT2D eigenvalue weighted by Crippen LogP contribution is -2.34. The molecule has 0 atom stereocenters. The van der Waals surface area contributed by atoms with Crippen LogP contribution in [0.4, 0.5) is 14.5 Å². The van der Waals surface area contributed by atoms with E-state index >= 15 is 0 Å². The number of carbonyl (C=O) groups excluding carboxylic acids is 1. The number of halogens is 3. The molecule has 1 aromatic heterocycles. The van der Waals surface area contributed by atoms with Crippen molar-refractivity contribution in [3.8, 4) is 0 Å². The number of likely N-dealkylation sites (N-methyl/N-ethyl adjacent to an activating group) is 1. The van der Waals surface area contributed by atoms with Crippen LogP contribution in [0.5, 0.6) is 0 Å². The number of anilines is 1. The summed E-state index contributed by atoms with van der Waals surface area (Å²) >= 11 is 4.19. The number of carbonyl (C=O) groups is 1. The fraction of sp³-hybridized carbons (Fsp3) is 0.154. The lowest BCUT2D eigenvalue weighted by molar-refractivity contribution is -0.116. The van der Waals surface area contributed by atoms with E-state index in [1.54, 1.807) is 6.07 Å². The summed E-state index contributed by atoms with van der Waals surface area (Å²) in [5.41, 5.74) is 0.0403. The molecule has 1 amide bonds. The maximum atomic E-state index is 13.1. The van der Waals surface area contributed by atoms with Crippen LogP contribution in [0.1, 0.15) is 0 Å². The van der Waals surface area contributed by atoms with Crippen LogP contribution < -0.4 is 5.32 Å². The highest BCUT2D eigenvalue weighted by atomic mass is 79.9. The van der Waals surface area contributed by atoms with Gasteiger partial charge in [-0.15, -0.1) is 11.3 Å². The van der Waals surface area contributed by atoms with Gasteiger partial charge in [-0.1, -0.05) is 0 Å². The molecule has 0 saturated carbocycles. The van der Waals surface area contributed by atoms with Gasteiger partial charge in [0.15, 0.2) is 11.6 Å². The van der Waals surface area contributed by atoms with Crippen LogP contribution in [0.25, 0.3) is 0 Å². The first kappa shape index (κ1) is 18.0. The quantitative estimate of drug-likeness (QED) is 0.801.